The fourth-order valence-electron chi connectivity index (χ4n) is 1.91. The largest absolute Gasteiger partial charge is 0.382 e. The van der Waals surface area contributed by atoms with Crippen LogP contribution in [0, 0.1) is 0 Å². The first-order chi connectivity index (χ1) is 9.18. The van der Waals surface area contributed by atoms with Crippen LogP contribution in [0.15, 0.2) is 12.4 Å². The summed E-state index contributed by atoms with van der Waals surface area (Å²) < 4.78 is 5.28. The Morgan fingerprint density at radius 3 is 2.79 bits per heavy atom. The Labute approximate surface area is 112 Å². The molecule has 2 heterocycles. The molecule has 0 atom stereocenters. The molecule has 1 aromatic rings. The predicted molar refractivity (Wildman–Crippen MR) is 70.7 cm³/mol. The standard InChI is InChI=1S/C12H19N5O2/c1-16(4-5-17-6-8-19-9-7-17)12(18)10-11(13)15-3-2-14-10/h2-3H,4-9H2,1H3,(H2,13,15). The fourth-order valence-corrected chi connectivity index (χ4v) is 1.91. The maximum Gasteiger partial charge on any atom is 0.276 e. The van der Waals surface area contributed by atoms with Crippen molar-refractivity contribution >= 4 is 11.7 Å². The lowest BCUT2D eigenvalue weighted by atomic mass is 10.3. The molecule has 19 heavy (non-hydrogen) atoms. The minimum absolute atomic E-state index is 0.172. The van der Waals surface area contributed by atoms with Gasteiger partial charge in [0.2, 0.25) is 0 Å². The summed E-state index contributed by atoms with van der Waals surface area (Å²) in [5.41, 5.74) is 5.86. The van der Waals surface area contributed by atoms with Gasteiger partial charge in [-0.2, -0.15) is 0 Å². The average molecular weight is 265 g/mol. The summed E-state index contributed by atoms with van der Waals surface area (Å²) in [6.07, 6.45) is 2.94. The predicted octanol–water partition coefficient (Wildman–Crippen LogP) is -0.537. The highest BCUT2D eigenvalue weighted by molar-refractivity contribution is 5.96. The van der Waals surface area contributed by atoms with Gasteiger partial charge in [-0.25, -0.2) is 9.97 Å². The Kier molecular flexibility index (Phi) is 4.64. The van der Waals surface area contributed by atoms with Crippen molar-refractivity contribution in [2.45, 2.75) is 0 Å². The summed E-state index contributed by atoms with van der Waals surface area (Å²) in [5.74, 6) is -0.0235. The van der Waals surface area contributed by atoms with Gasteiger partial charge in [0.1, 0.15) is 0 Å². The van der Waals surface area contributed by atoms with Crippen molar-refractivity contribution in [2.24, 2.45) is 0 Å². The van der Waals surface area contributed by atoms with Crippen LogP contribution in [0.1, 0.15) is 10.5 Å². The van der Waals surface area contributed by atoms with Gasteiger partial charge in [-0.15, -0.1) is 0 Å². The highest BCUT2D eigenvalue weighted by Crippen LogP contribution is 2.06. The van der Waals surface area contributed by atoms with Crippen molar-refractivity contribution in [3.8, 4) is 0 Å². The summed E-state index contributed by atoms with van der Waals surface area (Å²) in [5, 5.41) is 0. The summed E-state index contributed by atoms with van der Waals surface area (Å²) in [7, 11) is 1.75. The molecule has 1 aromatic heterocycles. The second-order valence-electron chi connectivity index (χ2n) is 4.47. The van der Waals surface area contributed by atoms with E-state index in [2.05, 4.69) is 14.9 Å². The molecule has 104 valence electrons. The molecule has 7 nitrogen and oxygen atoms in total. The quantitative estimate of drug-likeness (QED) is 0.787. The zero-order chi connectivity index (χ0) is 13.7. The van der Waals surface area contributed by atoms with Crippen molar-refractivity contribution in [1.82, 2.24) is 19.8 Å². The number of hydrogen-bond donors (Lipinski definition) is 1. The van der Waals surface area contributed by atoms with E-state index < -0.39 is 0 Å². The molecular formula is C12H19N5O2. The van der Waals surface area contributed by atoms with Gasteiger partial charge in [-0.3, -0.25) is 9.69 Å². The molecule has 0 bridgehead atoms. The summed E-state index contributed by atoms with van der Waals surface area (Å²) in [6.45, 7) is 4.80. The number of aromatic nitrogens is 2. The number of nitrogen functional groups attached to an aromatic ring is 1. The number of carbonyl (C=O) groups excluding carboxylic acids is 1. The van der Waals surface area contributed by atoms with Crippen molar-refractivity contribution in [3.63, 3.8) is 0 Å². The molecule has 1 saturated heterocycles. The zero-order valence-electron chi connectivity index (χ0n) is 11.1. The molecule has 0 saturated carbocycles. The summed E-state index contributed by atoms with van der Waals surface area (Å²) in [6, 6.07) is 0. The molecule has 0 unspecified atom stereocenters. The van der Waals surface area contributed by atoms with Gasteiger partial charge in [0.25, 0.3) is 5.91 Å². The number of anilines is 1. The lowest BCUT2D eigenvalue weighted by Gasteiger charge is -2.28. The average Bonchev–Trinajstić information content (AvgIpc) is 2.45. The third-order valence-corrected chi connectivity index (χ3v) is 3.13. The van der Waals surface area contributed by atoms with E-state index in [0.717, 1.165) is 32.8 Å². The number of morpholine rings is 1. The minimum atomic E-state index is -0.196. The van der Waals surface area contributed by atoms with Crippen molar-refractivity contribution in [3.05, 3.63) is 18.1 Å². The Bertz CT molecular complexity index is 434. The molecule has 1 aliphatic heterocycles. The van der Waals surface area contributed by atoms with Crippen molar-refractivity contribution in [1.29, 1.82) is 0 Å². The molecule has 1 fully saturated rings. The van der Waals surface area contributed by atoms with Crippen LogP contribution in [-0.2, 0) is 4.74 Å². The Hall–Kier alpha value is -1.73. The molecular weight excluding hydrogens is 246 g/mol. The first-order valence-corrected chi connectivity index (χ1v) is 6.30. The number of rotatable bonds is 4. The van der Waals surface area contributed by atoms with Gasteiger partial charge in [-0.05, 0) is 0 Å². The van der Waals surface area contributed by atoms with Crippen LogP contribution in [-0.4, -0.2) is 72.1 Å². The summed E-state index contributed by atoms with van der Waals surface area (Å²) >= 11 is 0. The van der Waals surface area contributed by atoms with E-state index in [1.807, 2.05) is 0 Å². The lowest BCUT2D eigenvalue weighted by molar-refractivity contribution is 0.0338. The smallest absolute Gasteiger partial charge is 0.276 e. The van der Waals surface area contributed by atoms with Crippen molar-refractivity contribution in [2.75, 3.05) is 52.2 Å². The van der Waals surface area contributed by atoms with Crippen LogP contribution in [0.3, 0.4) is 0 Å². The van der Waals surface area contributed by atoms with Gasteiger partial charge in [0, 0.05) is 45.6 Å². The van der Waals surface area contributed by atoms with Gasteiger partial charge in [-0.1, -0.05) is 0 Å². The van der Waals surface area contributed by atoms with Crippen molar-refractivity contribution < 1.29 is 9.53 Å². The topological polar surface area (TPSA) is 84.6 Å². The third kappa shape index (κ3) is 3.62. The maximum atomic E-state index is 12.1. The first-order valence-electron chi connectivity index (χ1n) is 6.30. The number of carbonyl (C=O) groups is 1. The number of hydrogen-bond acceptors (Lipinski definition) is 6. The van der Waals surface area contributed by atoms with E-state index in [1.165, 1.54) is 12.4 Å². The van der Waals surface area contributed by atoms with Crippen LogP contribution in [0.25, 0.3) is 0 Å². The van der Waals surface area contributed by atoms with E-state index in [4.69, 9.17) is 10.5 Å². The normalized spacial score (nSPS) is 16.3. The maximum absolute atomic E-state index is 12.1. The second-order valence-corrected chi connectivity index (χ2v) is 4.47. The molecule has 2 N–H and O–H groups in total. The van der Waals surface area contributed by atoms with Crippen LogP contribution >= 0.6 is 0 Å². The monoisotopic (exact) mass is 265 g/mol. The molecule has 1 amide bonds. The Balaban J connectivity index is 1.87. The molecule has 0 aromatic carbocycles. The van der Waals surface area contributed by atoms with Gasteiger partial charge < -0.3 is 15.4 Å². The molecule has 0 radical (unpaired) electrons. The van der Waals surface area contributed by atoms with Crippen LogP contribution < -0.4 is 5.73 Å². The molecule has 1 aliphatic rings. The van der Waals surface area contributed by atoms with E-state index in [1.54, 1.807) is 11.9 Å². The van der Waals surface area contributed by atoms with E-state index in [0.29, 0.717) is 6.54 Å². The van der Waals surface area contributed by atoms with Gasteiger partial charge in [0.15, 0.2) is 11.5 Å². The van der Waals surface area contributed by atoms with Crippen LogP contribution in [0.2, 0.25) is 0 Å². The van der Waals surface area contributed by atoms with Crippen LogP contribution in [0.4, 0.5) is 5.82 Å². The van der Waals surface area contributed by atoms with Gasteiger partial charge >= 0.3 is 0 Å². The first kappa shape index (κ1) is 13.7. The minimum Gasteiger partial charge on any atom is -0.382 e. The van der Waals surface area contributed by atoms with E-state index in [9.17, 15) is 4.79 Å². The highest BCUT2D eigenvalue weighted by atomic mass is 16.5. The second kappa shape index (κ2) is 6.44. The summed E-state index contributed by atoms with van der Waals surface area (Å²) in [4.78, 5) is 23.9. The highest BCUT2D eigenvalue weighted by Gasteiger charge is 2.18. The lowest BCUT2D eigenvalue weighted by Crippen LogP contribution is -2.42. The van der Waals surface area contributed by atoms with E-state index >= 15 is 0 Å². The number of ether oxygens (including phenoxy) is 1. The molecule has 0 aliphatic carbocycles. The van der Waals surface area contributed by atoms with Gasteiger partial charge in [0.05, 0.1) is 13.2 Å². The number of nitrogens with zero attached hydrogens (tertiary/aromatic N) is 4. The number of nitrogens with two attached hydrogens (primary N) is 1. The van der Waals surface area contributed by atoms with E-state index in [-0.39, 0.29) is 17.4 Å². The number of amides is 1. The third-order valence-electron chi connectivity index (χ3n) is 3.13. The molecule has 0 spiro atoms. The zero-order valence-corrected chi connectivity index (χ0v) is 11.1. The molecule has 2 rings (SSSR count). The Morgan fingerprint density at radius 2 is 2.11 bits per heavy atom. The Morgan fingerprint density at radius 1 is 1.42 bits per heavy atom. The fraction of sp³-hybridized carbons (Fsp3) is 0.583. The molecule has 7 heteroatoms. The van der Waals surface area contributed by atoms with Crippen LogP contribution in [0.5, 0.6) is 0 Å². The SMILES string of the molecule is CN(CCN1CCOCC1)C(=O)c1nccnc1N. The number of likely N-dealkylation sites (N-methyl/N-ethyl adjacent to an activating group) is 1.